The van der Waals surface area contributed by atoms with Crippen LogP contribution in [0.25, 0.3) is 0 Å². The van der Waals surface area contributed by atoms with Crippen LogP contribution in [0.3, 0.4) is 0 Å². The largest absolute Gasteiger partial charge is 0.397 e. The summed E-state index contributed by atoms with van der Waals surface area (Å²) in [6, 6.07) is 3.15. The molecule has 1 rings (SSSR count). The number of benzene rings is 1. The highest BCUT2D eigenvalue weighted by Crippen LogP contribution is 2.30. The van der Waals surface area contributed by atoms with Gasteiger partial charge in [-0.25, -0.2) is 4.39 Å². The molecule has 90 valence electrons. The lowest BCUT2D eigenvalue weighted by molar-refractivity contribution is 0.505. The quantitative estimate of drug-likeness (QED) is 0.824. The molecule has 0 radical (unpaired) electrons. The second-order valence-electron chi connectivity index (χ2n) is 4.42. The van der Waals surface area contributed by atoms with E-state index >= 15 is 0 Å². The molecule has 2 nitrogen and oxygen atoms in total. The second kappa shape index (κ2) is 4.91. The average Bonchev–Trinajstić information content (AvgIpc) is 2.21. The van der Waals surface area contributed by atoms with Crippen LogP contribution in [0.2, 0.25) is 5.02 Å². The average molecular weight is 245 g/mol. The molecule has 0 aromatic heterocycles. The van der Waals surface area contributed by atoms with Crippen molar-refractivity contribution in [2.24, 2.45) is 5.92 Å². The van der Waals surface area contributed by atoms with Crippen LogP contribution in [-0.2, 0) is 0 Å². The molecule has 0 saturated heterocycles. The van der Waals surface area contributed by atoms with Crippen LogP contribution in [0, 0.1) is 11.7 Å². The summed E-state index contributed by atoms with van der Waals surface area (Å²) in [5, 5.41) is 0.104. The standard InChI is InChI=1S/C12H18ClFN2/c1-7(2)8(3)16(4)12-5-9(13)10(14)6-11(12)15/h5-8H,15H2,1-4H3. The summed E-state index contributed by atoms with van der Waals surface area (Å²) >= 11 is 5.76. The fourth-order valence-corrected chi connectivity index (χ4v) is 1.68. The first kappa shape index (κ1) is 13.1. The minimum absolute atomic E-state index is 0.104. The smallest absolute Gasteiger partial charge is 0.143 e. The maximum absolute atomic E-state index is 13.2. The molecule has 1 atom stereocenters. The van der Waals surface area contributed by atoms with Crippen LogP contribution in [0.1, 0.15) is 20.8 Å². The van der Waals surface area contributed by atoms with E-state index in [0.717, 1.165) is 5.69 Å². The Balaban J connectivity index is 3.08. The number of nitrogen functional groups attached to an aromatic ring is 1. The van der Waals surface area contributed by atoms with Crippen molar-refractivity contribution in [3.8, 4) is 0 Å². The zero-order chi connectivity index (χ0) is 12.5. The van der Waals surface area contributed by atoms with Gasteiger partial charge in [-0.1, -0.05) is 25.4 Å². The topological polar surface area (TPSA) is 29.3 Å². The van der Waals surface area contributed by atoms with Crippen molar-refractivity contribution >= 4 is 23.0 Å². The van der Waals surface area contributed by atoms with E-state index in [1.807, 2.05) is 11.9 Å². The van der Waals surface area contributed by atoms with E-state index < -0.39 is 5.82 Å². The van der Waals surface area contributed by atoms with Crippen molar-refractivity contribution in [1.29, 1.82) is 0 Å². The third kappa shape index (κ3) is 2.59. The number of rotatable bonds is 3. The van der Waals surface area contributed by atoms with E-state index in [9.17, 15) is 4.39 Å². The summed E-state index contributed by atoms with van der Waals surface area (Å²) in [5.41, 5.74) is 6.97. The van der Waals surface area contributed by atoms with Gasteiger partial charge in [0.05, 0.1) is 16.4 Å². The van der Waals surface area contributed by atoms with Crippen molar-refractivity contribution in [2.45, 2.75) is 26.8 Å². The molecule has 0 amide bonds. The van der Waals surface area contributed by atoms with E-state index in [4.69, 9.17) is 17.3 Å². The second-order valence-corrected chi connectivity index (χ2v) is 4.83. The van der Waals surface area contributed by atoms with Gasteiger partial charge in [0.25, 0.3) is 0 Å². The molecule has 4 heteroatoms. The lowest BCUT2D eigenvalue weighted by Crippen LogP contribution is -2.33. The Hall–Kier alpha value is -0.960. The third-order valence-corrected chi connectivity index (χ3v) is 3.31. The molecule has 0 aliphatic rings. The highest BCUT2D eigenvalue weighted by Gasteiger charge is 2.17. The normalized spacial score (nSPS) is 12.9. The van der Waals surface area contributed by atoms with Crippen LogP contribution < -0.4 is 10.6 Å². The predicted molar refractivity (Wildman–Crippen MR) is 68.5 cm³/mol. The van der Waals surface area contributed by atoms with Crippen molar-refractivity contribution in [3.63, 3.8) is 0 Å². The molecule has 0 spiro atoms. The van der Waals surface area contributed by atoms with Crippen LogP contribution >= 0.6 is 11.6 Å². The Kier molecular flexibility index (Phi) is 4.03. The first-order valence-electron chi connectivity index (χ1n) is 5.32. The molecule has 0 aliphatic heterocycles. The number of hydrogen-bond acceptors (Lipinski definition) is 2. The monoisotopic (exact) mass is 244 g/mol. The summed E-state index contributed by atoms with van der Waals surface area (Å²) in [5.74, 6) is 0.00162. The summed E-state index contributed by atoms with van der Waals surface area (Å²) in [6.07, 6.45) is 0. The molecule has 1 aromatic rings. The van der Waals surface area contributed by atoms with Gasteiger partial charge in [0.1, 0.15) is 5.82 Å². The molecular weight excluding hydrogens is 227 g/mol. The molecule has 0 aliphatic carbocycles. The van der Waals surface area contributed by atoms with Gasteiger partial charge in [0, 0.05) is 19.2 Å². The van der Waals surface area contributed by atoms with Crippen LogP contribution in [-0.4, -0.2) is 13.1 Å². The van der Waals surface area contributed by atoms with Crippen molar-refractivity contribution in [2.75, 3.05) is 17.7 Å². The molecular formula is C12H18ClFN2. The van der Waals surface area contributed by atoms with Crippen molar-refractivity contribution < 1.29 is 4.39 Å². The predicted octanol–water partition coefficient (Wildman–Crippen LogP) is 3.54. The van der Waals surface area contributed by atoms with Gasteiger partial charge in [-0.2, -0.15) is 0 Å². The van der Waals surface area contributed by atoms with Gasteiger partial charge in [0.15, 0.2) is 0 Å². The molecule has 0 bridgehead atoms. The maximum atomic E-state index is 13.2. The Morgan fingerprint density at radius 3 is 2.38 bits per heavy atom. The highest BCUT2D eigenvalue weighted by molar-refractivity contribution is 6.31. The van der Waals surface area contributed by atoms with Gasteiger partial charge in [-0.3, -0.25) is 0 Å². The molecule has 2 N–H and O–H groups in total. The Bertz CT molecular complexity index is 380. The van der Waals surface area contributed by atoms with Gasteiger partial charge in [0.2, 0.25) is 0 Å². The van der Waals surface area contributed by atoms with Crippen molar-refractivity contribution in [1.82, 2.24) is 0 Å². The van der Waals surface area contributed by atoms with Gasteiger partial charge in [-0.15, -0.1) is 0 Å². The molecule has 1 unspecified atom stereocenters. The molecule has 0 saturated carbocycles. The van der Waals surface area contributed by atoms with E-state index in [-0.39, 0.29) is 5.02 Å². The Morgan fingerprint density at radius 2 is 1.88 bits per heavy atom. The third-order valence-electron chi connectivity index (χ3n) is 3.03. The number of nitrogens with two attached hydrogens (primary N) is 1. The van der Waals surface area contributed by atoms with E-state index in [1.165, 1.54) is 6.07 Å². The number of nitrogens with zero attached hydrogens (tertiary/aromatic N) is 1. The molecule has 0 heterocycles. The van der Waals surface area contributed by atoms with Crippen LogP contribution in [0.15, 0.2) is 12.1 Å². The van der Waals surface area contributed by atoms with Gasteiger partial charge >= 0.3 is 0 Å². The zero-order valence-electron chi connectivity index (χ0n) is 10.1. The highest BCUT2D eigenvalue weighted by atomic mass is 35.5. The van der Waals surface area contributed by atoms with Gasteiger partial charge < -0.3 is 10.6 Å². The molecule has 0 fully saturated rings. The van der Waals surface area contributed by atoms with E-state index in [2.05, 4.69) is 20.8 Å². The van der Waals surface area contributed by atoms with Crippen LogP contribution in [0.4, 0.5) is 15.8 Å². The summed E-state index contributed by atoms with van der Waals surface area (Å²) < 4.78 is 13.2. The summed E-state index contributed by atoms with van der Waals surface area (Å²) in [4.78, 5) is 2.02. The first-order valence-corrected chi connectivity index (χ1v) is 5.69. The lowest BCUT2D eigenvalue weighted by Gasteiger charge is -2.31. The van der Waals surface area contributed by atoms with Gasteiger partial charge in [-0.05, 0) is 18.9 Å². The molecule has 16 heavy (non-hydrogen) atoms. The number of halogens is 2. The fraction of sp³-hybridized carbons (Fsp3) is 0.500. The van der Waals surface area contributed by atoms with E-state index in [0.29, 0.717) is 17.6 Å². The summed E-state index contributed by atoms with van der Waals surface area (Å²) in [6.45, 7) is 6.35. The SMILES string of the molecule is CC(C)C(C)N(C)c1cc(Cl)c(F)cc1N. The Labute approximate surface area is 101 Å². The zero-order valence-corrected chi connectivity index (χ0v) is 10.8. The summed E-state index contributed by atoms with van der Waals surface area (Å²) in [7, 11) is 1.94. The first-order chi connectivity index (χ1) is 7.34. The Morgan fingerprint density at radius 1 is 1.31 bits per heavy atom. The van der Waals surface area contributed by atoms with Crippen molar-refractivity contribution in [3.05, 3.63) is 23.0 Å². The maximum Gasteiger partial charge on any atom is 0.143 e. The number of hydrogen-bond donors (Lipinski definition) is 1. The molecule has 1 aromatic carbocycles. The fourth-order valence-electron chi connectivity index (χ4n) is 1.52. The minimum Gasteiger partial charge on any atom is -0.397 e. The number of anilines is 2. The van der Waals surface area contributed by atoms with E-state index in [1.54, 1.807) is 6.07 Å². The minimum atomic E-state index is -0.478. The lowest BCUT2D eigenvalue weighted by atomic mass is 10.0. The van der Waals surface area contributed by atoms with Crippen LogP contribution in [0.5, 0.6) is 0 Å².